The normalized spacial score (nSPS) is 10.3. The third-order valence-corrected chi connectivity index (χ3v) is 1.80. The second kappa shape index (κ2) is 6.78. The highest BCUT2D eigenvalue weighted by molar-refractivity contribution is 5.85. The molecule has 0 saturated heterocycles. The highest BCUT2D eigenvalue weighted by atomic mass is 16.6. The van der Waals surface area contributed by atoms with Gasteiger partial charge >= 0.3 is 5.97 Å². The standard InChI is InChI=1S/C9H16N4O3/c1-2-3-4-15-5-6-16-8(14)7-11-9(10)13-12-7/h2-6H2,1H3,(H3,10,11,12,13). The van der Waals surface area contributed by atoms with Crippen LogP contribution in [-0.4, -0.2) is 41.0 Å². The highest BCUT2D eigenvalue weighted by Gasteiger charge is 2.11. The minimum Gasteiger partial charge on any atom is -0.457 e. The van der Waals surface area contributed by atoms with Crippen LogP contribution in [0.4, 0.5) is 5.95 Å². The first-order chi connectivity index (χ1) is 7.74. The van der Waals surface area contributed by atoms with Crippen molar-refractivity contribution >= 4 is 11.9 Å². The van der Waals surface area contributed by atoms with Crippen LogP contribution in [0.5, 0.6) is 0 Å². The van der Waals surface area contributed by atoms with E-state index >= 15 is 0 Å². The number of hydrogen-bond acceptors (Lipinski definition) is 6. The van der Waals surface area contributed by atoms with Crippen LogP contribution in [0.3, 0.4) is 0 Å². The molecule has 0 atom stereocenters. The largest absolute Gasteiger partial charge is 0.457 e. The summed E-state index contributed by atoms with van der Waals surface area (Å²) in [6.07, 6.45) is 2.09. The van der Waals surface area contributed by atoms with E-state index in [4.69, 9.17) is 15.2 Å². The van der Waals surface area contributed by atoms with Crippen LogP contribution in [0, 0.1) is 0 Å². The van der Waals surface area contributed by atoms with E-state index in [0.717, 1.165) is 12.8 Å². The molecule has 0 radical (unpaired) electrons. The van der Waals surface area contributed by atoms with Crippen LogP contribution in [0.1, 0.15) is 30.4 Å². The lowest BCUT2D eigenvalue weighted by molar-refractivity contribution is 0.0302. The Labute approximate surface area is 93.3 Å². The van der Waals surface area contributed by atoms with Crippen molar-refractivity contribution < 1.29 is 14.3 Å². The van der Waals surface area contributed by atoms with Crippen molar-refractivity contribution in [2.24, 2.45) is 0 Å². The summed E-state index contributed by atoms with van der Waals surface area (Å²) < 4.78 is 10.1. The average molecular weight is 228 g/mol. The van der Waals surface area contributed by atoms with Gasteiger partial charge in [0.25, 0.3) is 0 Å². The molecule has 0 amide bonds. The van der Waals surface area contributed by atoms with E-state index in [1.807, 2.05) is 0 Å². The van der Waals surface area contributed by atoms with Gasteiger partial charge in [-0.2, -0.15) is 4.98 Å². The molecular weight excluding hydrogens is 212 g/mol. The Hall–Kier alpha value is -1.63. The Bertz CT molecular complexity index is 326. The molecule has 0 fully saturated rings. The topological polar surface area (TPSA) is 103 Å². The molecule has 90 valence electrons. The molecule has 0 aliphatic heterocycles. The van der Waals surface area contributed by atoms with Gasteiger partial charge in [0.1, 0.15) is 6.61 Å². The maximum atomic E-state index is 11.3. The summed E-state index contributed by atoms with van der Waals surface area (Å²) in [6, 6.07) is 0. The van der Waals surface area contributed by atoms with Gasteiger partial charge in [-0.3, -0.25) is 5.10 Å². The lowest BCUT2D eigenvalue weighted by atomic mass is 10.4. The zero-order valence-electron chi connectivity index (χ0n) is 9.23. The summed E-state index contributed by atoms with van der Waals surface area (Å²) in [4.78, 5) is 14.9. The van der Waals surface area contributed by atoms with Gasteiger partial charge < -0.3 is 15.2 Å². The second-order valence-corrected chi connectivity index (χ2v) is 3.14. The number of hydrogen-bond donors (Lipinski definition) is 2. The monoisotopic (exact) mass is 228 g/mol. The molecule has 0 aromatic carbocycles. The van der Waals surface area contributed by atoms with Gasteiger partial charge in [-0.25, -0.2) is 4.79 Å². The maximum Gasteiger partial charge on any atom is 0.376 e. The van der Waals surface area contributed by atoms with Gasteiger partial charge in [-0.1, -0.05) is 13.3 Å². The number of carbonyl (C=O) groups excluding carboxylic acids is 1. The molecule has 3 N–H and O–H groups in total. The quantitative estimate of drug-likeness (QED) is 0.516. The number of esters is 1. The van der Waals surface area contributed by atoms with Gasteiger partial charge in [0, 0.05) is 6.61 Å². The number of anilines is 1. The summed E-state index contributed by atoms with van der Waals surface area (Å²) in [5.41, 5.74) is 5.24. The summed E-state index contributed by atoms with van der Waals surface area (Å²) in [6.45, 7) is 3.35. The third kappa shape index (κ3) is 4.26. The number of rotatable bonds is 7. The van der Waals surface area contributed by atoms with E-state index in [1.54, 1.807) is 0 Å². The van der Waals surface area contributed by atoms with Crippen molar-refractivity contribution in [1.29, 1.82) is 0 Å². The average Bonchev–Trinajstić information content (AvgIpc) is 2.70. The first-order valence-corrected chi connectivity index (χ1v) is 5.16. The molecule has 0 aliphatic carbocycles. The molecule has 16 heavy (non-hydrogen) atoms. The number of nitrogens with zero attached hydrogens (tertiary/aromatic N) is 2. The molecule has 0 saturated carbocycles. The van der Waals surface area contributed by atoms with E-state index in [0.29, 0.717) is 13.2 Å². The fourth-order valence-corrected chi connectivity index (χ4v) is 0.976. The van der Waals surface area contributed by atoms with Gasteiger partial charge in [-0.05, 0) is 6.42 Å². The molecule has 0 unspecified atom stereocenters. The Morgan fingerprint density at radius 2 is 2.25 bits per heavy atom. The Morgan fingerprint density at radius 3 is 2.88 bits per heavy atom. The number of carbonyl (C=O) groups is 1. The minimum atomic E-state index is -0.580. The maximum absolute atomic E-state index is 11.3. The van der Waals surface area contributed by atoms with Crippen molar-refractivity contribution in [2.75, 3.05) is 25.6 Å². The number of aromatic nitrogens is 3. The smallest absolute Gasteiger partial charge is 0.376 e. The summed E-state index contributed by atoms with van der Waals surface area (Å²) in [5.74, 6) is -0.555. The predicted octanol–water partition coefficient (Wildman–Crippen LogP) is 0.360. The molecule has 0 aliphatic rings. The van der Waals surface area contributed by atoms with Crippen molar-refractivity contribution in [3.63, 3.8) is 0 Å². The molecule has 1 aromatic rings. The fraction of sp³-hybridized carbons (Fsp3) is 0.667. The minimum absolute atomic E-state index is 0.00561. The van der Waals surface area contributed by atoms with Crippen LogP contribution in [0.25, 0.3) is 0 Å². The molecule has 1 heterocycles. The number of ether oxygens (including phenoxy) is 2. The van der Waals surface area contributed by atoms with Crippen LogP contribution in [0.2, 0.25) is 0 Å². The van der Waals surface area contributed by atoms with Crippen molar-refractivity contribution in [2.45, 2.75) is 19.8 Å². The van der Waals surface area contributed by atoms with Crippen molar-refractivity contribution in [3.05, 3.63) is 5.82 Å². The van der Waals surface area contributed by atoms with E-state index in [-0.39, 0.29) is 18.4 Å². The number of aromatic amines is 1. The summed E-state index contributed by atoms with van der Waals surface area (Å²) in [5, 5.41) is 5.88. The van der Waals surface area contributed by atoms with Crippen LogP contribution in [-0.2, 0) is 9.47 Å². The first kappa shape index (κ1) is 12.4. The highest BCUT2D eigenvalue weighted by Crippen LogP contribution is 1.96. The molecular formula is C9H16N4O3. The number of H-pyrrole nitrogens is 1. The zero-order chi connectivity index (χ0) is 11.8. The third-order valence-electron chi connectivity index (χ3n) is 1.80. The van der Waals surface area contributed by atoms with Gasteiger partial charge in [0.15, 0.2) is 0 Å². The SMILES string of the molecule is CCCCOCCOC(=O)c1nc(N)n[nH]1. The summed E-state index contributed by atoms with van der Waals surface area (Å²) >= 11 is 0. The zero-order valence-corrected chi connectivity index (χ0v) is 9.23. The van der Waals surface area contributed by atoms with Gasteiger partial charge in [0.05, 0.1) is 6.61 Å². The summed E-state index contributed by atoms with van der Waals surface area (Å²) in [7, 11) is 0. The Kier molecular flexibility index (Phi) is 5.27. The number of nitrogens with two attached hydrogens (primary N) is 1. The van der Waals surface area contributed by atoms with Crippen LogP contribution in [0.15, 0.2) is 0 Å². The number of nitrogens with one attached hydrogen (secondary N) is 1. The molecule has 1 rings (SSSR count). The first-order valence-electron chi connectivity index (χ1n) is 5.16. The molecule has 0 spiro atoms. The van der Waals surface area contributed by atoms with Gasteiger partial charge in [0.2, 0.25) is 11.8 Å². The molecule has 7 nitrogen and oxygen atoms in total. The number of nitrogen functional groups attached to an aromatic ring is 1. The lowest BCUT2D eigenvalue weighted by Gasteiger charge is -2.03. The van der Waals surface area contributed by atoms with E-state index in [9.17, 15) is 4.79 Å². The van der Waals surface area contributed by atoms with Crippen molar-refractivity contribution in [3.8, 4) is 0 Å². The van der Waals surface area contributed by atoms with Crippen LogP contribution < -0.4 is 5.73 Å². The Balaban J connectivity index is 2.11. The predicted molar refractivity (Wildman–Crippen MR) is 56.8 cm³/mol. The second-order valence-electron chi connectivity index (χ2n) is 3.14. The lowest BCUT2D eigenvalue weighted by Crippen LogP contribution is -2.12. The van der Waals surface area contributed by atoms with Crippen LogP contribution >= 0.6 is 0 Å². The van der Waals surface area contributed by atoms with E-state index in [2.05, 4.69) is 22.1 Å². The fourth-order valence-electron chi connectivity index (χ4n) is 0.976. The number of unbranched alkanes of at least 4 members (excludes halogenated alkanes) is 1. The molecule has 0 bridgehead atoms. The van der Waals surface area contributed by atoms with Gasteiger partial charge in [-0.15, -0.1) is 5.10 Å². The van der Waals surface area contributed by atoms with Crippen molar-refractivity contribution in [1.82, 2.24) is 15.2 Å². The molecule has 7 heteroatoms. The van der Waals surface area contributed by atoms with E-state index < -0.39 is 5.97 Å². The Morgan fingerprint density at radius 1 is 1.44 bits per heavy atom. The van der Waals surface area contributed by atoms with E-state index in [1.165, 1.54) is 0 Å². The molecule has 1 aromatic heterocycles.